The first-order valence-electron chi connectivity index (χ1n) is 6.29. The van der Waals surface area contributed by atoms with Crippen LogP contribution in [0.3, 0.4) is 0 Å². The van der Waals surface area contributed by atoms with Crippen LogP contribution >= 0.6 is 0 Å². The van der Waals surface area contributed by atoms with Gasteiger partial charge in [-0.2, -0.15) is 5.10 Å². The summed E-state index contributed by atoms with van der Waals surface area (Å²) >= 11 is 0. The van der Waals surface area contributed by atoms with Crippen LogP contribution in [0, 0.1) is 10.1 Å². The van der Waals surface area contributed by atoms with Crippen LogP contribution in [0.15, 0.2) is 36.5 Å². The first kappa shape index (κ1) is 14.5. The van der Waals surface area contributed by atoms with E-state index in [1.807, 2.05) is 6.92 Å². The van der Waals surface area contributed by atoms with Gasteiger partial charge in [-0.25, -0.2) is 4.68 Å². The summed E-state index contributed by atoms with van der Waals surface area (Å²) in [7, 11) is 0. The number of nitrogens with one attached hydrogen (secondary N) is 1. The fourth-order valence-corrected chi connectivity index (χ4v) is 1.68. The Morgan fingerprint density at radius 3 is 2.71 bits per heavy atom. The minimum atomic E-state index is -0.498. The number of hydrogen-bond donors (Lipinski definition) is 1. The molecule has 0 saturated carbocycles. The molecule has 0 bridgehead atoms. The van der Waals surface area contributed by atoms with E-state index >= 15 is 0 Å². The molecule has 1 amide bonds. The topological polar surface area (TPSA) is 99.3 Å². The van der Waals surface area contributed by atoms with Gasteiger partial charge in [-0.3, -0.25) is 14.9 Å². The van der Waals surface area contributed by atoms with Crippen molar-refractivity contribution in [2.45, 2.75) is 13.5 Å². The lowest BCUT2D eigenvalue weighted by Gasteiger charge is -2.08. The third kappa shape index (κ3) is 3.78. The Kier molecular flexibility index (Phi) is 4.50. The summed E-state index contributed by atoms with van der Waals surface area (Å²) in [5.41, 5.74) is -0.0290. The number of benzene rings is 1. The molecule has 0 fully saturated rings. The monoisotopic (exact) mass is 290 g/mol. The second kappa shape index (κ2) is 6.51. The molecule has 0 saturated heterocycles. The standard InChI is InChI=1S/C13H14N4O4/c1-2-16-12(7-8-14-16)15-13(18)9-21-11-5-3-10(4-6-11)17(19)20/h3-8H,2,9H2,1H3,(H,15,18). The summed E-state index contributed by atoms with van der Waals surface area (Å²) in [6, 6.07) is 7.22. The number of amides is 1. The molecule has 0 aliphatic rings. The third-order valence-electron chi connectivity index (χ3n) is 2.70. The van der Waals surface area contributed by atoms with Crippen LogP contribution in [0.5, 0.6) is 5.75 Å². The zero-order chi connectivity index (χ0) is 15.2. The molecule has 8 nitrogen and oxygen atoms in total. The number of nitrogens with zero attached hydrogens (tertiary/aromatic N) is 3. The van der Waals surface area contributed by atoms with Crippen LogP contribution < -0.4 is 10.1 Å². The molecule has 0 spiro atoms. The van der Waals surface area contributed by atoms with Crippen molar-refractivity contribution in [3.05, 3.63) is 46.6 Å². The van der Waals surface area contributed by atoms with Gasteiger partial charge >= 0.3 is 0 Å². The predicted molar refractivity (Wildman–Crippen MR) is 75.1 cm³/mol. The van der Waals surface area contributed by atoms with Crippen LogP contribution in [0.1, 0.15) is 6.92 Å². The molecular weight excluding hydrogens is 276 g/mol. The van der Waals surface area contributed by atoms with Gasteiger partial charge in [-0.05, 0) is 19.1 Å². The number of ether oxygens (including phenoxy) is 1. The van der Waals surface area contributed by atoms with Gasteiger partial charge in [-0.1, -0.05) is 0 Å². The Labute approximate surface area is 120 Å². The molecule has 2 aromatic rings. The van der Waals surface area contributed by atoms with Crippen molar-refractivity contribution < 1.29 is 14.5 Å². The van der Waals surface area contributed by atoms with E-state index in [1.54, 1.807) is 16.9 Å². The maximum Gasteiger partial charge on any atom is 0.269 e. The summed E-state index contributed by atoms with van der Waals surface area (Å²) in [6.45, 7) is 2.37. The number of aryl methyl sites for hydroxylation is 1. The van der Waals surface area contributed by atoms with Crippen LogP contribution in [-0.4, -0.2) is 27.2 Å². The Morgan fingerprint density at radius 1 is 1.38 bits per heavy atom. The molecule has 8 heteroatoms. The van der Waals surface area contributed by atoms with Gasteiger partial charge in [0.1, 0.15) is 11.6 Å². The number of carbonyl (C=O) groups is 1. The van der Waals surface area contributed by atoms with Crippen LogP contribution in [0.25, 0.3) is 0 Å². The predicted octanol–water partition coefficient (Wildman–Crippen LogP) is 1.83. The second-order valence-electron chi connectivity index (χ2n) is 4.12. The molecule has 21 heavy (non-hydrogen) atoms. The smallest absolute Gasteiger partial charge is 0.269 e. The molecule has 0 aliphatic carbocycles. The van der Waals surface area contributed by atoms with Crippen molar-refractivity contribution in [2.75, 3.05) is 11.9 Å². The quantitative estimate of drug-likeness (QED) is 0.646. The fraction of sp³-hybridized carbons (Fsp3) is 0.231. The maximum atomic E-state index is 11.7. The average Bonchev–Trinajstić information content (AvgIpc) is 2.92. The van der Waals surface area contributed by atoms with E-state index in [1.165, 1.54) is 24.3 Å². The normalized spacial score (nSPS) is 10.1. The van der Waals surface area contributed by atoms with Crippen molar-refractivity contribution in [1.82, 2.24) is 9.78 Å². The highest BCUT2D eigenvalue weighted by Crippen LogP contribution is 2.17. The van der Waals surface area contributed by atoms with Crippen molar-refractivity contribution in [2.24, 2.45) is 0 Å². The van der Waals surface area contributed by atoms with Crippen molar-refractivity contribution in [3.8, 4) is 5.75 Å². The lowest BCUT2D eigenvalue weighted by Crippen LogP contribution is -2.22. The molecule has 1 N–H and O–H groups in total. The summed E-state index contributed by atoms with van der Waals surface area (Å²) in [6.07, 6.45) is 1.59. The highest BCUT2D eigenvalue weighted by molar-refractivity contribution is 5.91. The number of anilines is 1. The largest absolute Gasteiger partial charge is 0.484 e. The molecule has 2 rings (SSSR count). The fourth-order valence-electron chi connectivity index (χ4n) is 1.68. The summed E-state index contributed by atoms with van der Waals surface area (Å²) in [5, 5.41) is 17.2. The van der Waals surface area contributed by atoms with E-state index in [9.17, 15) is 14.9 Å². The molecule has 1 aromatic heterocycles. The second-order valence-corrected chi connectivity index (χ2v) is 4.12. The number of hydrogen-bond acceptors (Lipinski definition) is 5. The first-order chi connectivity index (χ1) is 10.1. The van der Waals surface area contributed by atoms with Gasteiger partial charge in [-0.15, -0.1) is 0 Å². The van der Waals surface area contributed by atoms with Crippen molar-refractivity contribution in [3.63, 3.8) is 0 Å². The van der Waals surface area contributed by atoms with Gasteiger partial charge < -0.3 is 10.1 Å². The van der Waals surface area contributed by atoms with E-state index in [2.05, 4.69) is 10.4 Å². The van der Waals surface area contributed by atoms with Gasteiger partial charge in [0.05, 0.1) is 11.1 Å². The third-order valence-corrected chi connectivity index (χ3v) is 2.70. The average molecular weight is 290 g/mol. The lowest BCUT2D eigenvalue weighted by atomic mass is 10.3. The van der Waals surface area contributed by atoms with E-state index in [-0.39, 0.29) is 18.2 Å². The van der Waals surface area contributed by atoms with Crippen molar-refractivity contribution >= 4 is 17.4 Å². The van der Waals surface area contributed by atoms with Crippen LogP contribution in [0.4, 0.5) is 11.5 Å². The van der Waals surface area contributed by atoms with E-state index in [0.29, 0.717) is 18.1 Å². The Bertz CT molecular complexity index is 636. The molecule has 0 atom stereocenters. The number of non-ortho nitro benzene ring substituents is 1. The summed E-state index contributed by atoms with van der Waals surface area (Å²) < 4.78 is 6.90. The SMILES string of the molecule is CCn1nccc1NC(=O)COc1ccc([N+](=O)[O-])cc1. The van der Waals surface area contributed by atoms with E-state index in [0.717, 1.165) is 0 Å². The van der Waals surface area contributed by atoms with Gasteiger partial charge in [0.25, 0.3) is 11.6 Å². The minimum Gasteiger partial charge on any atom is -0.484 e. The molecule has 110 valence electrons. The molecule has 0 unspecified atom stereocenters. The van der Waals surface area contributed by atoms with Gasteiger partial charge in [0, 0.05) is 24.7 Å². The van der Waals surface area contributed by atoms with E-state index in [4.69, 9.17) is 4.74 Å². The Morgan fingerprint density at radius 2 is 2.10 bits per heavy atom. The molecule has 1 aromatic carbocycles. The zero-order valence-electron chi connectivity index (χ0n) is 11.4. The Hall–Kier alpha value is -2.90. The summed E-state index contributed by atoms with van der Waals surface area (Å²) in [5.74, 6) is 0.651. The Balaban J connectivity index is 1.87. The molecule has 0 radical (unpaired) electrons. The number of nitro groups is 1. The zero-order valence-corrected chi connectivity index (χ0v) is 11.4. The highest BCUT2D eigenvalue weighted by Gasteiger charge is 2.08. The highest BCUT2D eigenvalue weighted by atomic mass is 16.6. The number of carbonyl (C=O) groups excluding carboxylic acids is 1. The van der Waals surface area contributed by atoms with Crippen molar-refractivity contribution in [1.29, 1.82) is 0 Å². The molecule has 1 heterocycles. The first-order valence-corrected chi connectivity index (χ1v) is 6.29. The van der Waals surface area contributed by atoms with E-state index < -0.39 is 4.92 Å². The number of nitro benzene ring substituents is 1. The minimum absolute atomic E-state index is 0.0290. The van der Waals surface area contributed by atoms with Crippen LogP contribution in [-0.2, 0) is 11.3 Å². The van der Waals surface area contributed by atoms with Crippen LogP contribution in [0.2, 0.25) is 0 Å². The molecule has 0 aliphatic heterocycles. The molecular formula is C13H14N4O4. The number of aromatic nitrogens is 2. The van der Waals surface area contributed by atoms with Gasteiger partial charge in [0.15, 0.2) is 6.61 Å². The maximum absolute atomic E-state index is 11.7. The van der Waals surface area contributed by atoms with Gasteiger partial charge in [0.2, 0.25) is 0 Å². The lowest BCUT2D eigenvalue weighted by molar-refractivity contribution is -0.384. The number of rotatable bonds is 6. The summed E-state index contributed by atoms with van der Waals surface area (Å²) in [4.78, 5) is 21.8.